The van der Waals surface area contributed by atoms with Crippen LogP contribution in [-0.4, -0.2) is 51.5 Å². The first-order valence-electron chi connectivity index (χ1n) is 8.41. The third-order valence-electron chi connectivity index (χ3n) is 4.49. The summed E-state index contributed by atoms with van der Waals surface area (Å²) in [6, 6.07) is 7.96. The van der Waals surface area contributed by atoms with Gasteiger partial charge in [-0.1, -0.05) is 17.8 Å². The van der Waals surface area contributed by atoms with E-state index in [0.29, 0.717) is 0 Å². The summed E-state index contributed by atoms with van der Waals surface area (Å²) in [5.74, 6) is 1.80. The lowest BCUT2D eigenvalue weighted by atomic mass is 10.1. The van der Waals surface area contributed by atoms with Crippen molar-refractivity contribution in [3.8, 4) is 16.3 Å². The van der Waals surface area contributed by atoms with E-state index in [1.54, 1.807) is 18.4 Å². The fraction of sp³-hybridized carbons (Fsp3) is 0.471. The first-order chi connectivity index (χ1) is 11.8. The van der Waals surface area contributed by atoms with Gasteiger partial charge < -0.3 is 9.64 Å². The van der Waals surface area contributed by atoms with Crippen LogP contribution in [0.3, 0.4) is 0 Å². The molecule has 0 aliphatic carbocycles. The van der Waals surface area contributed by atoms with Gasteiger partial charge in [0.15, 0.2) is 5.82 Å². The quantitative estimate of drug-likeness (QED) is 0.713. The van der Waals surface area contributed by atoms with Crippen molar-refractivity contribution >= 4 is 16.3 Å². The SMILES string of the molecule is COc1ccc(-c2nn3c(CCN4CCCCC4)nnc3s2)cc1. The summed E-state index contributed by atoms with van der Waals surface area (Å²) in [4.78, 5) is 3.37. The average molecular weight is 343 g/mol. The molecule has 0 N–H and O–H groups in total. The number of likely N-dealkylation sites (tertiary alicyclic amines) is 1. The Kier molecular flexibility index (Phi) is 4.44. The minimum atomic E-state index is 0.851. The highest BCUT2D eigenvalue weighted by atomic mass is 32.1. The van der Waals surface area contributed by atoms with Gasteiger partial charge in [0.1, 0.15) is 10.8 Å². The van der Waals surface area contributed by atoms with E-state index in [4.69, 9.17) is 9.84 Å². The van der Waals surface area contributed by atoms with Crippen molar-refractivity contribution in [3.05, 3.63) is 30.1 Å². The van der Waals surface area contributed by atoms with Crippen LogP contribution in [0.2, 0.25) is 0 Å². The van der Waals surface area contributed by atoms with Crippen molar-refractivity contribution in [2.75, 3.05) is 26.7 Å². The second-order valence-electron chi connectivity index (χ2n) is 6.10. The van der Waals surface area contributed by atoms with Gasteiger partial charge in [-0.05, 0) is 50.2 Å². The minimum Gasteiger partial charge on any atom is -0.497 e. The lowest BCUT2D eigenvalue weighted by molar-refractivity contribution is 0.230. The van der Waals surface area contributed by atoms with E-state index in [2.05, 4.69) is 15.1 Å². The maximum atomic E-state index is 5.21. The molecule has 2 aromatic heterocycles. The highest BCUT2D eigenvalue weighted by molar-refractivity contribution is 7.19. The van der Waals surface area contributed by atoms with Gasteiger partial charge in [0.2, 0.25) is 4.96 Å². The number of methoxy groups -OCH3 is 1. The molecule has 0 bridgehead atoms. The lowest BCUT2D eigenvalue weighted by Gasteiger charge is -2.25. The average Bonchev–Trinajstić information content (AvgIpc) is 3.22. The molecule has 24 heavy (non-hydrogen) atoms. The molecular weight excluding hydrogens is 322 g/mol. The van der Waals surface area contributed by atoms with Crippen molar-refractivity contribution in [3.63, 3.8) is 0 Å². The number of rotatable bonds is 5. The Morgan fingerprint density at radius 1 is 1.08 bits per heavy atom. The second kappa shape index (κ2) is 6.86. The van der Waals surface area contributed by atoms with Gasteiger partial charge >= 0.3 is 0 Å². The molecule has 0 unspecified atom stereocenters. The number of aromatic nitrogens is 4. The molecule has 7 heteroatoms. The summed E-state index contributed by atoms with van der Waals surface area (Å²) in [5.41, 5.74) is 1.08. The molecule has 0 spiro atoms. The molecule has 0 atom stereocenters. The highest BCUT2D eigenvalue weighted by Gasteiger charge is 2.15. The molecule has 4 rings (SSSR count). The number of hydrogen-bond donors (Lipinski definition) is 0. The monoisotopic (exact) mass is 343 g/mol. The van der Waals surface area contributed by atoms with Crippen LogP contribution in [-0.2, 0) is 6.42 Å². The minimum absolute atomic E-state index is 0.851. The zero-order valence-corrected chi connectivity index (χ0v) is 14.6. The Labute approximate surface area is 145 Å². The van der Waals surface area contributed by atoms with E-state index in [1.165, 1.54) is 32.4 Å². The summed E-state index contributed by atoms with van der Waals surface area (Å²) in [7, 11) is 1.67. The van der Waals surface area contributed by atoms with Gasteiger partial charge in [-0.15, -0.1) is 10.2 Å². The van der Waals surface area contributed by atoms with E-state index in [9.17, 15) is 0 Å². The topological polar surface area (TPSA) is 55.6 Å². The fourth-order valence-corrected chi connectivity index (χ4v) is 3.97. The van der Waals surface area contributed by atoms with Gasteiger partial charge in [0, 0.05) is 18.5 Å². The largest absolute Gasteiger partial charge is 0.497 e. The van der Waals surface area contributed by atoms with Crippen LogP contribution >= 0.6 is 11.3 Å². The van der Waals surface area contributed by atoms with Crippen molar-refractivity contribution in [2.45, 2.75) is 25.7 Å². The number of piperidine rings is 1. The summed E-state index contributed by atoms with van der Waals surface area (Å²) < 4.78 is 7.11. The number of hydrogen-bond acceptors (Lipinski definition) is 6. The third kappa shape index (κ3) is 3.14. The van der Waals surface area contributed by atoms with Gasteiger partial charge in [-0.25, -0.2) is 0 Å². The maximum Gasteiger partial charge on any atom is 0.234 e. The maximum absolute atomic E-state index is 5.21. The number of nitrogens with zero attached hydrogens (tertiary/aromatic N) is 5. The molecule has 1 aromatic carbocycles. The van der Waals surface area contributed by atoms with E-state index < -0.39 is 0 Å². The Morgan fingerprint density at radius 2 is 1.88 bits per heavy atom. The normalized spacial score (nSPS) is 15.9. The molecule has 3 aromatic rings. The second-order valence-corrected chi connectivity index (χ2v) is 7.05. The molecule has 1 aliphatic rings. The van der Waals surface area contributed by atoms with Gasteiger partial charge in [0.05, 0.1) is 7.11 Å². The van der Waals surface area contributed by atoms with Gasteiger partial charge in [0.25, 0.3) is 0 Å². The molecule has 126 valence electrons. The summed E-state index contributed by atoms with van der Waals surface area (Å²) in [6.07, 6.45) is 4.89. The van der Waals surface area contributed by atoms with E-state index in [1.807, 2.05) is 28.8 Å². The summed E-state index contributed by atoms with van der Waals surface area (Å²) in [6.45, 7) is 3.45. The third-order valence-corrected chi connectivity index (χ3v) is 5.44. The summed E-state index contributed by atoms with van der Waals surface area (Å²) in [5, 5.41) is 14.3. The molecule has 0 saturated carbocycles. The van der Waals surface area contributed by atoms with Crippen molar-refractivity contribution in [1.29, 1.82) is 0 Å². The van der Waals surface area contributed by atoms with E-state index >= 15 is 0 Å². The van der Waals surface area contributed by atoms with Gasteiger partial charge in [-0.3, -0.25) is 0 Å². The molecule has 3 heterocycles. The smallest absolute Gasteiger partial charge is 0.234 e. The van der Waals surface area contributed by atoms with Crippen LogP contribution in [0.1, 0.15) is 25.1 Å². The Balaban J connectivity index is 1.51. The zero-order chi connectivity index (χ0) is 16.4. The number of fused-ring (bicyclic) bond motifs is 1. The number of ether oxygens (including phenoxy) is 1. The molecule has 1 aliphatic heterocycles. The highest BCUT2D eigenvalue weighted by Crippen LogP contribution is 2.27. The predicted octanol–water partition coefficient (Wildman–Crippen LogP) is 2.89. The molecule has 0 amide bonds. The van der Waals surface area contributed by atoms with Crippen LogP contribution in [0, 0.1) is 0 Å². The zero-order valence-electron chi connectivity index (χ0n) is 13.8. The van der Waals surface area contributed by atoms with Crippen LogP contribution in [0.25, 0.3) is 15.5 Å². The first kappa shape index (κ1) is 15.5. The molecule has 6 nitrogen and oxygen atoms in total. The van der Waals surface area contributed by atoms with Gasteiger partial charge in [-0.2, -0.15) is 9.61 Å². The molecule has 0 radical (unpaired) electrons. The van der Waals surface area contributed by atoms with Crippen molar-refractivity contribution in [2.24, 2.45) is 0 Å². The first-order valence-corrected chi connectivity index (χ1v) is 9.23. The Morgan fingerprint density at radius 3 is 2.62 bits per heavy atom. The van der Waals surface area contributed by atoms with Crippen LogP contribution in [0.15, 0.2) is 24.3 Å². The molecule has 1 fully saturated rings. The molecule has 1 saturated heterocycles. The van der Waals surface area contributed by atoms with Crippen molar-refractivity contribution < 1.29 is 4.74 Å². The van der Waals surface area contributed by atoms with Crippen LogP contribution in [0.4, 0.5) is 0 Å². The Hall–Kier alpha value is -1.99. The fourth-order valence-electron chi connectivity index (χ4n) is 3.10. The van der Waals surface area contributed by atoms with Crippen LogP contribution < -0.4 is 4.74 Å². The Bertz CT molecular complexity index is 804. The van der Waals surface area contributed by atoms with Crippen LogP contribution in [0.5, 0.6) is 5.75 Å². The van der Waals surface area contributed by atoms with Crippen molar-refractivity contribution in [1.82, 2.24) is 24.7 Å². The lowest BCUT2D eigenvalue weighted by Crippen LogP contribution is -2.31. The van der Waals surface area contributed by atoms with E-state index in [-0.39, 0.29) is 0 Å². The number of benzene rings is 1. The summed E-state index contributed by atoms with van der Waals surface area (Å²) >= 11 is 1.57. The molecular formula is C17H21N5OS. The standard InChI is InChI=1S/C17H21N5OS/c1-23-14-7-5-13(6-8-14)16-20-22-15(18-19-17(22)24-16)9-12-21-10-3-2-4-11-21/h5-8H,2-4,9-12H2,1H3. The predicted molar refractivity (Wildman–Crippen MR) is 94.6 cm³/mol. The van der Waals surface area contributed by atoms with E-state index in [0.717, 1.165) is 40.1 Å².